The first-order chi connectivity index (χ1) is 54.5. The van der Waals surface area contributed by atoms with Gasteiger partial charge in [-0.25, -0.2) is 29.9 Å². The third-order valence-electron chi connectivity index (χ3n) is 21.8. The van der Waals surface area contributed by atoms with Crippen molar-refractivity contribution < 1.29 is 0 Å². The molecule has 11 heterocycles. The van der Waals surface area contributed by atoms with E-state index in [0.717, 1.165) is 90.9 Å². The molecule has 0 atom stereocenters. The Morgan fingerprint density at radius 1 is 0.264 bits per heavy atom. The fourth-order valence-electron chi connectivity index (χ4n) is 16.8. The molecule has 0 saturated heterocycles. The third kappa shape index (κ3) is 10.5. The molecular formula is C96H62N10S4. The summed E-state index contributed by atoms with van der Waals surface area (Å²) in [4.78, 5) is 49.4. The molecule has 4 aliphatic rings. The molecular weight excluding hydrogens is 1420 g/mol. The Labute approximate surface area is 652 Å². The van der Waals surface area contributed by atoms with Crippen LogP contribution in [0.15, 0.2) is 343 Å². The highest BCUT2D eigenvalue weighted by molar-refractivity contribution is 7.21. The standard InChI is InChI=1S/C50H34N4S2.C46H28N6S2/c1-2-32-15-24-39-46(30-32)54(45-14-7-6-12-38(45)50(39)40-25-28-55-47(40)48-41(50)26-29-56-48)37-22-20-35(21-23-37)44-31-43(33-10-4-3-5-11-33)52-49(53-44)36-18-16-34(17-19-36)42-13-8-9-27-51-42;1-2-10-30(11-3-1)42-49-43(51-44(50-42)38-16-6-7-24-47-38)32-13-8-12-31(28-32)29-18-20-33(21-19-29)52-39-17-5-4-14-34(39)46(37-15-9-25-48-45(37)52)35-22-26-53-40(35)41-36(46)23-27-54-41/h3-31H,2H2,1H3;1-28H. The Morgan fingerprint density at radius 2 is 0.691 bits per heavy atom. The highest BCUT2D eigenvalue weighted by Crippen LogP contribution is 2.67. The Hall–Kier alpha value is -13.1. The summed E-state index contributed by atoms with van der Waals surface area (Å²) in [7, 11) is 0. The second-order valence-corrected chi connectivity index (χ2v) is 31.3. The van der Waals surface area contributed by atoms with Crippen LogP contribution in [0.3, 0.4) is 0 Å². The number of fused-ring (bicyclic) bond motifs is 18. The number of nitrogens with zero attached hydrogens (tertiary/aromatic N) is 10. The summed E-state index contributed by atoms with van der Waals surface area (Å²) in [6.45, 7) is 2.24. The minimum atomic E-state index is -0.409. The molecule has 14 heteroatoms. The Kier molecular flexibility index (Phi) is 15.8. The lowest BCUT2D eigenvalue weighted by atomic mass is 9.65. The van der Waals surface area contributed by atoms with Gasteiger partial charge >= 0.3 is 0 Å². The van der Waals surface area contributed by atoms with Crippen molar-refractivity contribution in [3.05, 3.63) is 394 Å². The van der Waals surface area contributed by atoms with Gasteiger partial charge in [-0.1, -0.05) is 201 Å². The molecule has 520 valence electrons. The van der Waals surface area contributed by atoms with Gasteiger partial charge in [0.2, 0.25) is 0 Å². The molecule has 0 saturated carbocycles. The molecule has 9 aromatic heterocycles. The topological polar surface area (TPSA) is 110 Å². The number of anilines is 6. The van der Waals surface area contributed by atoms with Gasteiger partial charge in [0.15, 0.2) is 23.3 Å². The van der Waals surface area contributed by atoms with Gasteiger partial charge in [-0.2, -0.15) is 0 Å². The van der Waals surface area contributed by atoms with E-state index >= 15 is 0 Å². The second-order valence-electron chi connectivity index (χ2n) is 27.6. The molecule has 0 amide bonds. The van der Waals surface area contributed by atoms with Crippen LogP contribution in [0.1, 0.15) is 57.0 Å². The number of thiophene rings is 4. The molecule has 0 fully saturated rings. The first-order valence-electron chi connectivity index (χ1n) is 36.7. The van der Waals surface area contributed by atoms with E-state index in [4.69, 9.17) is 29.9 Å². The van der Waals surface area contributed by atoms with Gasteiger partial charge in [-0.05, 0) is 193 Å². The SMILES string of the molecule is CCc1ccc2c(c1)N(c1ccc(-c3cc(-c4ccccc4)nc(-c4ccc(-c5ccccn5)cc4)n3)cc1)c1ccccc1C21c2ccsc2-c2sccc21.c1ccc(-c2nc(-c3cccc(-c4ccc(N5c6ccccc6C6(c7cccnc75)c5ccsc5-c5sccc56)cc4)c3)nc(-c3ccccn3)n2)cc1. The molecule has 22 rings (SSSR count). The summed E-state index contributed by atoms with van der Waals surface area (Å²) in [5.74, 6) is 3.38. The van der Waals surface area contributed by atoms with Crippen molar-refractivity contribution in [3.8, 4) is 110 Å². The first kappa shape index (κ1) is 65.2. The minimum absolute atomic E-state index is 0.361. The van der Waals surface area contributed by atoms with E-state index in [1.807, 2.05) is 137 Å². The summed E-state index contributed by atoms with van der Waals surface area (Å²) >= 11 is 7.39. The maximum atomic E-state index is 5.18. The lowest BCUT2D eigenvalue weighted by molar-refractivity contribution is 0.748. The first-order valence-corrected chi connectivity index (χ1v) is 40.2. The number of hydrogen-bond acceptors (Lipinski definition) is 14. The zero-order valence-corrected chi connectivity index (χ0v) is 62.5. The summed E-state index contributed by atoms with van der Waals surface area (Å²) in [5, 5.41) is 9.00. The molecule has 18 aromatic rings. The van der Waals surface area contributed by atoms with Crippen LogP contribution < -0.4 is 9.80 Å². The maximum Gasteiger partial charge on any atom is 0.182 e. The van der Waals surface area contributed by atoms with Crippen LogP contribution in [0, 0.1) is 0 Å². The average molecular weight is 1480 g/mol. The highest BCUT2D eigenvalue weighted by atomic mass is 32.1. The second kappa shape index (κ2) is 26.7. The predicted molar refractivity (Wildman–Crippen MR) is 451 cm³/mol. The molecule has 10 nitrogen and oxygen atoms in total. The van der Waals surface area contributed by atoms with Gasteiger partial charge in [-0.3, -0.25) is 14.9 Å². The van der Waals surface area contributed by atoms with Gasteiger partial charge in [0.25, 0.3) is 0 Å². The molecule has 9 aromatic carbocycles. The number of aryl methyl sites for hydroxylation is 1. The molecule has 0 unspecified atom stereocenters. The highest BCUT2D eigenvalue weighted by Gasteiger charge is 2.55. The Bertz CT molecular complexity index is 6350. The minimum Gasteiger partial charge on any atom is -0.310 e. The number of rotatable bonds is 11. The van der Waals surface area contributed by atoms with Crippen LogP contribution in [0.5, 0.6) is 0 Å². The lowest BCUT2D eigenvalue weighted by Gasteiger charge is -2.44. The van der Waals surface area contributed by atoms with Crippen molar-refractivity contribution >= 4 is 79.6 Å². The van der Waals surface area contributed by atoms with Crippen LogP contribution in [-0.4, -0.2) is 39.9 Å². The van der Waals surface area contributed by atoms with E-state index in [0.29, 0.717) is 29.0 Å². The third-order valence-corrected chi connectivity index (χ3v) is 25.8. The van der Waals surface area contributed by atoms with E-state index in [-0.39, 0.29) is 5.41 Å². The van der Waals surface area contributed by atoms with Crippen LogP contribution in [-0.2, 0) is 17.3 Å². The van der Waals surface area contributed by atoms with Crippen molar-refractivity contribution in [1.82, 2.24) is 39.9 Å². The molecule has 2 aliphatic carbocycles. The quantitative estimate of drug-likeness (QED) is 0.124. The number of aromatic nitrogens is 8. The molecule has 0 radical (unpaired) electrons. The van der Waals surface area contributed by atoms with Crippen LogP contribution in [0.25, 0.3) is 110 Å². The van der Waals surface area contributed by atoms with E-state index in [2.05, 4.69) is 273 Å². The van der Waals surface area contributed by atoms with Crippen molar-refractivity contribution in [2.24, 2.45) is 0 Å². The Balaban J connectivity index is 0.000000140. The van der Waals surface area contributed by atoms with Crippen LogP contribution in [0.4, 0.5) is 34.3 Å². The predicted octanol–water partition coefficient (Wildman–Crippen LogP) is 25.0. The fraction of sp³-hybridized carbons (Fsp3) is 0.0417. The van der Waals surface area contributed by atoms with Gasteiger partial charge < -0.3 is 4.90 Å². The monoisotopic (exact) mass is 1480 g/mol. The normalized spacial score (nSPS) is 13.3. The number of benzene rings is 9. The fourth-order valence-corrected chi connectivity index (χ4v) is 21.0. The molecule has 0 bridgehead atoms. The molecule has 2 spiro atoms. The van der Waals surface area contributed by atoms with Gasteiger partial charge in [0.05, 0.1) is 45.0 Å². The van der Waals surface area contributed by atoms with Crippen molar-refractivity contribution in [1.29, 1.82) is 0 Å². The zero-order valence-electron chi connectivity index (χ0n) is 59.2. The number of para-hydroxylation sites is 2. The largest absolute Gasteiger partial charge is 0.310 e. The zero-order chi connectivity index (χ0) is 72.9. The summed E-state index contributed by atoms with van der Waals surface area (Å²) in [5.41, 5.74) is 28.4. The van der Waals surface area contributed by atoms with E-state index in [1.54, 1.807) is 6.20 Å². The smallest absolute Gasteiger partial charge is 0.182 e. The average Bonchev–Trinajstić information content (AvgIpc) is 1.50. The van der Waals surface area contributed by atoms with E-state index < -0.39 is 5.41 Å². The summed E-state index contributed by atoms with van der Waals surface area (Å²) < 4.78 is 0. The van der Waals surface area contributed by atoms with E-state index in [9.17, 15) is 0 Å². The molecule has 2 aliphatic heterocycles. The summed E-state index contributed by atoms with van der Waals surface area (Å²) in [6, 6.07) is 107. The van der Waals surface area contributed by atoms with Gasteiger partial charge in [-0.15, -0.1) is 45.3 Å². The van der Waals surface area contributed by atoms with Gasteiger partial charge in [0.1, 0.15) is 11.5 Å². The number of pyridine rings is 3. The molecule has 110 heavy (non-hydrogen) atoms. The van der Waals surface area contributed by atoms with Crippen LogP contribution >= 0.6 is 45.3 Å². The maximum absolute atomic E-state index is 5.18. The Morgan fingerprint density at radius 3 is 1.29 bits per heavy atom. The number of hydrogen-bond donors (Lipinski definition) is 0. The van der Waals surface area contributed by atoms with Gasteiger partial charge in [0, 0.05) is 88.4 Å². The molecule has 0 N–H and O–H groups in total. The lowest BCUT2D eigenvalue weighted by Crippen LogP contribution is -2.36. The van der Waals surface area contributed by atoms with Crippen molar-refractivity contribution in [2.75, 3.05) is 9.80 Å². The van der Waals surface area contributed by atoms with Crippen molar-refractivity contribution in [2.45, 2.75) is 24.2 Å². The summed E-state index contributed by atoms with van der Waals surface area (Å²) in [6.07, 6.45) is 6.46. The van der Waals surface area contributed by atoms with E-state index in [1.165, 1.54) is 81.0 Å². The van der Waals surface area contributed by atoms with Crippen molar-refractivity contribution in [3.63, 3.8) is 0 Å². The van der Waals surface area contributed by atoms with Crippen LogP contribution in [0.2, 0.25) is 0 Å².